The molecule has 2 aliphatic rings. The second kappa shape index (κ2) is 10.4. The fourth-order valence-electron chi connectivity index (χ4n) is 4.82. The second-order valence-corrected chi connectivity index (χ2v) is 8.64. The van der Waals surface area contributed by atoms with Crippen molar-refractivity contribution in [2.75, 3.05) is 34.7 Å². The first-order chi connectivity index (χ1) is 18.5. The smallest absolute Gasteiger partial charge is 0.295 e. The molecule has 1 fully saturated rings. The van der Waals surface area contributed by atoms with Crippen molar-refractivity contribution in [1.29, 1.82) is 0 Å². The van der Waals surface area contributed by atoms with Gasteiger partial charge in [0, 0.05) is 36.6 Å². The first-order valence-electron chi connectivity index (χ1n) is 11.9. The lowest BCUT2D eigenvalue weighted by Gasteiger charge is -2.27. The summed E-state index contributed by atoms with van der Waals surface area (Å²) < 4.78 is 29.6. The van der Waals surface area contributed by atoms with Crippen LogP contribution in [0, 0.1) is 0 Å². The molecule has 198 valence electrons. The van der Waals surface area contributed by atoms with Gasteiger partial charge in [0.15, 0.2) is 11.5 Å². The van der Waals surface area contributed by atoms with Crippen LogP contribution in [-0.4, -0.2) is 65.9 Å². The Morgan fingerprint density at radius 2 is 1.89 bits per heavy atom. The van der Waals surface area contributed by atoms with Crippen LogP contribution >= 0.6 is 0 Å². The van der Waals surface area contributed by atoms with Gasteiger partial charge < -0.3 is 38.3 Å². The van der Waals surface area contributed by atoms with E-state index in [0.29, 0.717) is 41.3 Å². The van der Waals surface area contributed by atoms with Crippen LogP contribution in [0.25, 0.3) is 5.76 Å². The van der Waals surface area contributed by atoms with E-state index in [9.17, 15) is 14.7 Å². The number of aliphatic hydroxyl groups is 1. The zero-order valence-corrected chi connectivity index (χ0v) is 21.2. The normalized spacial score (nSPS) is 17.7. The molecule has 2 aromatic carbocycles. The lowest BCUT2D eigenvalue weighted by molar-refractivity contribution is -0.140. The molecular formula is C27H27N3O8. The number of methoxy groups -OCH3 is 3. The van der Waals surface area contributed by atoms with Crippen molar-refractivity contribution < 1.29 is 38.4 Å². The number of benzene rings is 2. The predicted octanol–water partition coefficient (Wildman–Crippen LogP) is 3.15. The van der Waals surface area contributed by atoms with E-state index in [1.807, 2.05) is 10.8 Å². The van der Waals surface area contributed by atoms with Gasteiger partial charge in [-0.15, -0.1) is 0 Å². The number of fused-ring (bicyclic) bond motifs is 1. The Labute approximate surface area is 218 Å². The van der Waals surface area contributed by atoms with Gasteiger partial charge in [-0.1, -0.05) is 12.1 Å². The highest BCUT2D eigenvalue weighted by molar-refractivity contribution is 6.46. The minimum atomic E-state index is -0.984. The topological polar surface area (TPSA) is 122 Å². The summed E-state index contributed by atoms with van der Waals surface area (Å²) in [4.78, 5) is 32.3. The van der Waals surface area contributed by atoms with Crippen LogP contribution in [0.4, 0.5) is 0 Å². The van der Waals surface area contributed by atoms with E-state index in [1.54, 1.807) is 42.9 Å². The molecule has 0 aliphatic carbocycles. The summed E-state index contributed by atoms with van der Waals surface area (Å²) in [6, 6.07) is 7.31. The van der Waals surface area contributed by atoms with E-state index in [4.69, 9.17) is 23.7 Å². The number of aromatic nitrogens is 2. The molecule has 5 rings (SSSR count). The molecule has 3 aromatic rings. The molecule has 1 aromatic heterocycles. The molecular weight excluding hydrogens is 494 g/mol. The zero-order chi connectivity index (χ0) is 26.8. The average Bonchev–Trinajstić information content (AvgIpc) is 3.68. The average molecular weight is 522 g/mol. The third kappa shape index (κ3) is 4.25. The summed E-state index contributed by atoms with van der Waals surface area (Å²) in [6.07, 6.45) is 5.70. The molecule has 1 saturated heterocycles. The Bertz CT molecular complexity index is 1400. The minimum absolute atomic E-state index is 0.0206. The van der Waals surface area contributed by atoms with Crippen molar-refractivity contribution in [3.05, 3.63) is 65.8 Å². The van der Waals surface area contributed by atoms with Crippen LogP contribution in [0.3, 0.4) is 0 Å². The summed E-state index contributed by atoms with van der Waals surface area (Å²) in [6.45, 7) is 0.780. The molecule has 11 heteroatoms. The molecule has 3 heterocycles. The van der Waals surface area contributed by atoms with Gasteiger partial charge in [-0.3, -0.25) is 9.59 Å². The van der Waals surface area contributed by atoms with Gasteiger partial charge >= 0.3 is 0 Å². The molecule has 38 heavy (non-hydrogen) atoms. The van der Waals surface area contributed by atoms with E-state index in [2.05, 4.69) is 4.98 Å². The van der Waals surface area contributed by atoms with E-state index in [0.717, 1.165) is 0 Å². The lowest BCUT2D eigenvalue weighted by atomic mass is 9.93. The maximum atomic E-state index is 13.5. The molecule has 2 aliphatic heterocycles. The highest BCUT2D eigenvalue weighted by Crippen LogP contribution is 2.53. The first-order valence-corrected chi connectivity index (χ1v) is 11.9. The monoisotopic (exact) mass is 521 g/mol. The van der Waals surface area contributed by atoms with Gasteiger partial charge in [0.25, 0.3) is 11.7 Å². The van der Waals surface area contributed by atoms with Crippen molar-refractivity contribution in [2.24, 2.45) is 0 Å². The van der Waals surface area contributed by atoms with Crippen molar-refractivity contribution in [3.8, 4) is 28.7 Å². The Kier molecular flexibility index (Phi) is 6.82. The predicted molar refractivity (Wildman–Crippen MR) is 135 cm³/mol. The van der Waals surface area contributed by atoms with Gasteiger partial charge in [0.05, 0.1) is 39.3 Å². The summed E-state index contributed by atoms with van der Waals surface area (Å²) in [5, 5.41) is 11.4. The Morgan fingerprint density at radius 1 is 1.08 bits per heavy atom. The first kappa shape index (κ1) is 25.0. The zero-order valence-electron chi connectivity index (χ0n) is 21.2. The summed E-state index contributed by atoms with van der Waals surface area (Å²) in [7, 11) is 4.42. The third-order valence-electron chi connectivity index (χ3n) is 6.56. The van der Waals surface area contributed by atoms with Crippen molar-refractivity contribution in [1.82, 2.24) is 14.5 Å². The number of aryl methyl sites for hydroxylation is 1. The SMILES string of the molecule is COc1cccc(C(O)=C2C(=O)C(=O)N(CCCn3ccnc3)[C@@H]2c2cc3c(c(OC)c2OC)OCO3)c1. The van der Waals surface area contributed by atoms with Gasteiger partial charge in [-0.05, 0) is 24.6 Å². The van der Waals surface area contributed by atoms with Crippen LogP contribution in [0.5, 0.6) is 28.7 Å². The Balaban J connectivity index is 1.66. The number of likely N-dealkylation sites (tertiary alicyclic amines) is 1. The molecule has 0 unspecified atom stereocenters. The number of ketones is 1. The Morgan fingerprint density at radius 3 is 2.61 bits per heavy atom. The third-order valence-corrected chi connectivity index (χ3v) is 6.56. The van der Waals surface area contributed by atoms with E-state index < -0.39 is 17.7 Å². The van der Waals surface area contributed by atoms with Gasteiger partial charge in [0.2, 0.25) is 18.3 Å². The highest BCUT2D eigenvalue weighted by atomic mass is 16.7. The molecule has 11 nitrogen and oxygen atoms in total. The molecule has 0 bridgehead atoms. The van der Waals surface area contributed by atoms with Crippen LogP contribution in [0.2, 0.25) is 0 Å². The summed E-state index contributed by atoms with van der Waals surface area (Å²) >= 11 is 0. The van der Waals surface area contributed by atoms with Gasteiger partial charge in [-0.25, -0.2) is 4.98 Å². The number of aliphatic hydroxyl groups excluding tert-OH is 1. The van der Waals surface area contributed by atoms with E-state index in [-0.39, 0.29) is 36.2 Å². The molecule has 1 amide bonds. The Hall–Kier alpha value is -4.67. The van der Waals surface area contributed by atoms with Crippen molar-refractivity contribution >= 4 is 17.4 Å². The van der Waals surface area contributed by atoms with Crippen LogP contribution in [0.1, 0.15) is 23.6 Å². The number of Topliss-reactive ketones (excluding diaryl/α,β-unsaturated/α-hetero) is 1. The molecule has 0 saturated carbocycles. The maximum absolute atomic E-state index is 13.5. The molecule has 1 N–H and O–H groups in total. The number of nitrogens with zero attached hydrogens (tertiary/aromatic N) is 3. The van der Waals surface area contributed by atoms with Gasteiger partial charge in [-0.2, -0.15) is 0 Å². The molecule has 1 atom stereocenters. The van der Waals surface area contributed by atoms with E-state index in [1.165, 1.54) is 26.2 Å². The summed E-state index contributed by atoms with van der Waals surface area (Å²) in [5.41, 5.74) is 0.669. The fourth-order valence-corrected chi connectivity index (χ4v) is 4.82. The van der Waals surface area contributed by atoms with Gasteiger partial charge in [0.1, 0.15) is 11.5 Å². The number of hydrogen-bond acceptors (Lipinski definition) is 9. The second-order valence-electron chi connectivity index (χ2n) is 8.64. The van der Waals surface area contributed by atoms with Crippen LogP contribution < -0.4 is 23.7 Å². The van der Waals surface area contributed by atoms with Crippen LogP contribution in [-0.2, 0) is 16.1 Å². The quantitative estimate of drug-likeness (QED) is 0.257. The lowest BCUT2D eigenvalue weighted by Crippen LogP contribution is -2.31. The number of carbonyl (C=O) groups excluding carboxylic acids is 2. The molecule has 0 spiro atoms. The maximum Gasteiger partial charge on any atom is 0.295 e. The number of ether oxygens (including phenoxy) is 5. The van der Waals surface area contributed by atoms with E-state index >= 15 is 0 Å². The minimum Gasteiger partial charge on any atom is -0.507 e. The fraction of sp³-hybridized carbons (Fsp3) is 0.296. The highest BCUT2D eigenvalue weighted by Gasteiger charge is 2.48. The largest absolute Gasteiger partial charge is 0.507 e. The number of rotatable bonds is 9. The summed E-state index contributed by atoms with van der Waals surface area (Å²) in [5.74, 6) is -0.116. The number of amides is 1. The van der Waals surface area contributed by atoms with Crippen molar-refractivity contribution in [3.63, 3.8) is 0 Å². The number of carbonyl (C=O) groups is 2. The number of imidazole rings is 1. The standard InChI is InChI=1S/C27H27N3O8/c1-34-17-7-4-6-16(12-17)22(31)20-21(18-13-19-25(38-15-37-19)26(36-3)24(18)35-2)30(27(33)23(20)32)10-5-9-29-11-8-28-14-29/h4,6-8,11-14,21,31H,5,9-10,15H2,1-3H3/t21-/m1/s1. The molecule has 0 radical (unpaired) electrons. The number of hydrogen-bond donors (Lipinski definition) is 1. The van der Waals surface area contributed by atoms with Crippen LogP contribution in [0.15, 0.2) is 54.6 Å². The van der Waals surface area contributed by atoms with Crippen molar-refractivity contribution in [2.45, 2.75) is 19.0 Å².